The van der Waals surface area contributed by atoms with Gasteiger partial charge in [-0.15, -0.1) is 0 Å². The molecule has 2 aromatic rings. The third kappa shape index (κ3) is 1.17. The maximum atomic E-state index is 10.6. The Morgan fingerprint density at radius 2 is 2.43 bits per heavy atom. The van der Waals surface area contributed by atoms with Gasteiger partial charge in [0.25, 0.3) is 0 Å². The average Bonchev–Trinajstić information content (AvgIpc) is 2.60. The number of fused-ring (bicyclic) bond motifs is 1. The third-order valence-corrected chi connectivity index (χ3v) is 1.76. The van der Waals surface area contributed by atoms with E-state index in [1.54, 1.807) is 6.07 Å². The van der Waals surface area contributed by atoms with Crippen molar-refractivity contribution in [2.45, 2.75) is 0 Å². The number of ether oxygens (including phenoxy) is 1. The Labute approximate surface area is 78.8 Å². The Bertz CT molecular complexity index is 492. The van der Waals surface area contributed by atoms with Gasteiger partial charge in [-0.05, 0) is 0 Å². The van der Waals surface area contributed by atoms with E-state index >= 15 is 0 Å². The highest BCUT2D eigenvalue weighted by molar-refractivity contribution is 5.85. The van der Waals surface area contributed by atoms with E-state index in [2.05, 4.69) is 9.97 Å². The predicted octanol–water partition coefficient (Wildman–Crippen LogP) is 0.436. The first-order chi connectivity index (χ1) is 6.72. The van der Waals surface area contributed by atoms with E-state index in [9.17, 15) is 4.79 Å². The normalized spacial score (nSPS) is 10.4. The maximum Gasteiger partial charge on any atom is 0.356 e. The molecule has 0 unspecified atom stereocenters. The van der Waals surface area contributed by atoms with Gasteiger partial charge in [-0.2, -0.15) is 0 Å². The van der Waals surface area contributed by atoms with Gasteiger partial charge in [-0.1, -0.05) is 0 Å². The molecule has 2 rings (SSSR count). The van der Waals surface area contributed by atoms with Gasteiger partial charge < -0.3 is 9.84 Å². The lowest BCUT2D eigenvalue weighted by molar-refractivity contribution is 0.0691. The summed E-state index contributed by atoms with van der Waals surface area (Å²) >= 11 is 0. The molecule has 0 aromatic carbocycles. The molecule has 0 aliphatic heterocycles. The quantitative estimate of drug-likeness (QED) is 0.748. The fourth-order valence-electron chi connectivity index (χ4n) is 1.14. The second kappa shape index (κ2) is 2.99. The van der Waals surface area contributed by atoms with Crippen molar-refractivity contribution in [1.82, 2.24) is 14.4 Å². The van der Waals surface area contributed by atoms with Gasteiger partial charge in [0.2, 0.25) is 11.7 Å². The number of hydrogen-bond acceptors (Lipinski definition) is 4. The van der Waals surface area contributed by atoms with Crippen LogP contribution in [0.3, 0.4) is 0 Å². The minimum absolute atomic E-state index is 0.0537. The van der Waals surface area contributed by atoms with Crippen LogP contribution >= 0.6 is 0 Å². The van der Waals surface area contributed by atoms with E-state index < -0.39 is 5.97 Å². The summed E-state index contributed by atoms with van der Waals surface area (Å²) in [5.41, 5.74) is -0.0537. The van der Waals surface area contributed by atoms with Crippen molar-refractivity contribution in [3.63, 3.8) is 0 Å². The molecule has 6 nitrogen and oxygen atoms in total. The first-order valence-corrected chi connectivity index (χ1v) is 3.84. The summed E-state index contributed by atoms with van der Waals surface area (Å²) in [5.74, 6) is -0.283. The summed E-state index contributed by atoms with van der Waals surface area (Å²) < 4.78 is 6.49. The second-order valence-corrected chi connectivity index (χ2v) is 2.59. The Morgan fingerprint density at radius 1 is 1.64 bits per heavy atom. The fourth-order valence-corrected chi connectivity index (χ4v) is 1.14. The summed E-state index contributed by atoms with van der Waals surface area (Å²) in [7, 11) is 1.50. The fraction of sp³-hybridized carbons (Fsp3) is 0.125. The SMILES string of the molecule is COc1ccnc2nc(C(=O)O)cn12. The number of carboxylic acids is 1. The molecule has 0 fully saturated rings. The van der Waals surface area contributed by atoms with Crippen molar-refractivity contribution in [2.24, 2.45) is 0 Å². The minimum atomic E-state index is -1.09. The Hall–Kier alpha value is -2.11. The zero-order valence-electron chi connectivity index (χ0n) is 7.34. The summed E-state index contributed by atoms with van der Waals surface area (Å²) in [6, 6.07) is 1.63. The molecule has 0 aliphatic carbocycles. The predicted molar refractivity (Wildman–Crippen MR) is 46.5 cm³/mol. The van der Waals surface area contributed by atoms with Gasteiger partial charge in [0.05, 0.1) is 7.11 Å². The standard InChI is InChI=1S/C8H7N3O3/c1-14-6-2-3-9-8-10-5(7(12)13)4-11(6)8/h2-4H,1H3,(H,12,13). The molecule has 2 aromatic heterocycles. The highest BCUT2D eigenvalue weighted by Crippen LogP contribution is 2.12. The second-order valence-electron chi connectivity index (χ2n) is 2.59. The number of hydrogen-bond donors (Lipinski definition) is 1. The van der Waals surface area contributed by atoms with Gasteiger partial charge in [0, 0.05) is 18.5 Å². The van der Waals surface area contributed by atoms with Crippen LogP contribution in [0.2, 0.25) is 0 Å². The molecule has 0 atom stereocenters. The van der Waals surface area contributed by atoms with Crippen LogP contribution < -0.4 is 4.74 Å². The highest BCUT2D eigenvalue weighted by atomic mass is 16.5. The molecule has 0 radical (unpaired) electrons. The lowest BCUT2D eigenvalue weighted by Gasteiger charge is -2.00. The van der Waals surface area contributed by atoms with Crippen LogP contribution in [0.15, 0.2) is 18.5 Å². The third-order valence-electron chi connectivity index (χ3n) is 1.76. The van der Waals surface area contributed by atoms with Crippen LogP contribution in [-0.2, 0) is 0 Å². The Morgan fingerprint density at radius 3 is 3.07 bits per heavy atom. The molecule has 2 heterocycles. The van der Waals surface area contributed by atoms with E-state index in [1.165, 1.54) is 23.9 Å². The van der Waals surface area contributed by atoms with Gasteiger partial charge in [0.15, 0.2) is 5.69 Å². The number of carbonyl (C=O) groups is 1. The number of carboxylic acid groups (broad SMARTS) is 1. The molecule has 0 saturated carbocycles. The molecule has 1 N–H and O–H groups in total. The summed E-state index contributed by atoms with van der Waals surface area (Å²) in [5, 5.41) is 8.71. The molecular weight excluding hydrogens is 186 g/mol. The summed E-state index contributed by atoms with van der Waals surface area (Å²) in [6.45, 7) is 0. The van der Waals surface area contributed by atoms with Gasteiger partial charge in [0.1, 0.15) is 0 Å². The number of methoxy groups -OCH3 is 1. The summed E-state index contributed by atoms with van der Waals surface area (Å²) in [6.07, 6.45) is 2.87. The van der Waals surface area contributed by atoms with E-state index in [1.807, 2.05) is 0 Å². The van der Waals surface area contributed by atoms with Crippen LogP contribution in [0.5, 0.6) is 5.88 Å². The highest BCUT2D eigenvalue weighted by Gasteiger charge is 2.11. The minimum Gasteiger partial charge on any atom is -0.482 e. The van der Waals surface area contributed by atoms with E-state index in [0.29, 0.717) is 11.7 Å². The topological polar surface area (TPSA) is 76.7 Å². The lowest BCUT2D eigenvalue weighted by atomic mass is 10.5. The molecule has 0 saturated heterocycles. The number of aromatic nitrogens is 3. The largest absolute Gasteiger partial charge is 0.482 e. The van der Waals surface area contributed by atoms with Crippen LogP contribution in [0.25, 0.3) is 5.78 Å². The number of nitrogens with zero attached hydrogens (tertiary/aromatic N) is 3. The van der Waals surface area contributed by atoms with Crippen LogP contribution in [0.4, 0.5) is 0 Å². The molecule has 0 aliphatic rings. The molecule has 0 bridgehead atoms. The number of rotatable bonds is 2. The van der Waals surface area contributed by atoms with Crippen molar-refractivity contribution in [3.8, 4) is 5.88 Å². The number of aromatic carboxylic acids is 1. The molecule has 0 amide bonds. The van der Waals surface area contributed by atoms with Crippen molar-refractivity contribution in [2.75, 3.05) is 7.11 Å². The van der Waals surface area contributed by atoms with Crippen LogP contribution in [0.1, 0.15) is 10.5 Å². The molecule has 0 spiro atoms. The van der Waals surface area contributed by atoms with Crippen molar-refractivity contribution in [1.29, 1.82) is 0 Å². The Kier molecular flexibility index (Phi) is 1.81. The van der Waals surface area contributed by atoms with Crippen LogP contribution in [-0.4, -0.2) is 32.6 Å². The van der Waals surface area contributed by atoms with Gasteiger partial charge in [-0.25, -0.2) is 14.8 Å². The van der Waals surface area contributed by atoms with Crippen molar-refractivity contribution >= 4 is 11.7 Å². The zero-order chi connectivity index (χ0) is 10.1. The van der Waals surface area contributed by atoms with E-state index in [-0.39, 0.29) is 5.69 Å². The summed E-state index contributed by atoms with van der Waals surface area (Å²) in [4.78, 5) is 18.3. The molecule has 14 heavy (non-hydrogen) atoms. The van der Waals surface area contributed by atoms with Gasteiger partial charge >= 0.3 is 5.97 Å². The number of imidazole rings is 1. The zero-order valence-corrected chi connectivity index (χ0v) is 7.34. The van der Waals surface area contributed by atoms with E-state index in [0.717, 1.165) is 0 Å². The average molecular weight is 193 g/mol. The smallest absolute Gasteiger partial charge is 0.356 e. The monoisotopic (exact) mass is 193 g/mol. The van der Waals surface area contributed by atoms with Crippen LogP contribution in [0, 0.1) is 0 Å². The van der Waals surface area contributed by atoms with Crippen molar-refractivity contribution < 1.29 is 14.6 Å². The molecular formula is C8H7N3O3. The first kappa shape index (κ1) is 8.49. The van der Waals surface area contributed by atoms with E-state index in [4.69, 9.17) is 9.84 Å². The maximum absolute atomic E-state index is 10.6. The lowest BCUT2D eigenvalue weighted by Crippen LogP contribution is -1.95. The Balaban J connectivity index is 2.70. The first-order valence-electron chi connectivity index (χ1n) is 3.84. The molecule has 72 valence electrons. The van der Waals surface area contributed by atoms with Crippen molar-refractivity contribution in [3.05, 3.63) is 24.2 Å². The molecule has 6 heteroatoms. The van der Waals surface area contributed by atoms with Gasteiger partial charge in [-0.3, -0.25) is 4.40 Å².